The first-order valence-corrected chi connectivity index (χ1v) is 7.77. The van der Waals surface area contributed by atoms with Crippen molar-refractivity contribution in [2.24, 2.45) is 0 Å². The summed E-state index contributed by atoms with van der Waals surface area (Å²) in [7, 11) is 0. The van der Waals surface area contributed by atoms with Crippen LogP contribution in [0.1, 0.15) is 29.8 Å². The third kappa shape index (κ3) is 6.96. The number of ketones is 2. The van der Waals surface area contributed by atoms with Gasteiger partial charge in [0.05, 0.1) is 11.9 Å². The fraction of sp³-hybridized carbons (Fsp3) is 0.357. The number of hydrogen-bond acceptors (Lipinski definition) is 4. The average Bonchev–Trinajstić information content (AvgIpc) is 2.38. The van der Waals surface area contributed by atoms with E-state index in [9.17, 15) is 14.4 Å². The normalized spacial score (nSPS) is 9.25. The predicted octanol–water partition coefficient (Wildman–Crippen LogP) is 3.47. The van der Waals surface area contributed by atoms with Crippen molar-refractivity contribution in [1.29, 1.82) is 0 Å². The largest absolute Gasteiger partial charge is 0.460 e. The van der Waals surface area contributed by atoms with Crippen LogP contribution in [0.25, 0.3) is 0 Å². The summed E-state index contributed by atoms with van der Waals surface area (Å²) in [5, 5.41) is 0.0336. The highest BCUT2D eigenvalue weighted by Crippen LogP contribution is 2.18. The Morgan fingerprint density at radius 3 is 2.25 bits per heavy atom. The zero-order valence-electron chi connectivity index (χ0n) is 11.5. The molecule has 0 aromatic heterocycles. The van der Waals surface area contributed by atoms with Crippen molar-refractivity contribution in [2.45, 2.75) is 20.8 Å². The fourth-order valence-corrected chi connectivity index (χ4v) is 2.17. The average molecular weight is 408 g/mol. The standard InChI is InChI=1S/C9H9BrO.C5H7BrO3/c1-6-3-4-8(7(2)11)9(10)5-6;1-2-9-5(8)4(7)3-6/h3-5H,1-2H3;2-3H2,1H3. The molecule has 6 heteroatoms. The van der Waals surface area contributed by atoms with Crippen LogP contribution in [0.2, 0.25) is 0 Å². The fourth-order valence-electron chi connectivity index (χ4n) is 1.17. The van der Waals surface area contributed by atoms with Crippen LogP contribution in [0.3, 0.4) is 0 Å². The van der Waals surface area contributed by atoms with Gasteiger partial charge >= 0.3 is 5.97 Å². The van der Waals surface area contributed by atoms with Gasteiger partial charge in [-0.1, -0.05) is 44.0 Å². The molecule has 1 aromatic rings. The summed E-state index contributed by atoms with van der Waals surface area (Å²) >= 11 is 6.16. The Bertz CT molecular complexity index is 498. The van der Waals surface area contributed by atoms with Crippen LogP contribution < -0.4 is 0 Å². The quantitative estimate of drug-likeness (QED) is 0.332. The van der Waals surface area contributed by atoms with Gasteiger partial charge in [-0.3, -0.25) is 9.59 Å². The van der Waals surface area contributed by atoms with Gasteiger partial charge in [-0.15, -0.1) is 0 Å². The van der Waals surface area contributed by atoms with Gasteiger partial charge < -0.3 is 4.74 Å². The van der Waals surface area contributed by atoms with Crippen molar-refractivity contribution in [3.63, 3.8) is 0 Å². The summed E-state index contributed by atoms with van der Waals surface area (Å²) in [5.74, 6) is -1.22. The van der Waals surface area contributed by atoms with Crippen LogP contribution in [0.15, 0.2) is 22.7 Å². The van der Waals surface area contributed by atoms with Crippen molar-refractivity contribution in [3.8, 4) is 0 Å². The summed E-state index contributed by atoms with van der Waals surface area (Å²) < 4.78 is 5.26. The Morgan fingerprint density at radius 1 is 1.25 bits per heavy atom. The molecule has 0 saturated heterocycles. The number of carbonyl (C=O) groups is 3. The minimum Gasteiger partial charge on any atom is -0.460 e. The van der Waals surface area contributed by atoms with Crippen molar-refractivity contribution < 1.29 is 19.1 Å². The van der Waals surface area contributed by atoms with Crippen LogP contribution in [0.5, 0.6) is 0 Å². The second kappa shape index (κ2) is 9.83. The molecule has 0 unspecified atom stereocenters. The highest BCUT2D eigenvalue weighted by molar-refractivity contribution is 9.10. The molecule has 0 amide bonds. The summed E-state index contributed by atoms with van der Waals surface area (Å²) in [6, 6.07) is 5.71. The molecule has 0 N–H and O–H groups in total. The molecule has 0 aliphatic heterocycles. The smallest absolute Gasteiger partial charge is 0.375 e. The van der Waals surface area contributed by atoms with E-state index in [1.54, 1.807) is 13.8 Å². The molecule has 4 nitrogen and oxygen atoms in total. The minimum absolute atomic E-state index is 0.0336. The van der Waals surface area contributed by atoms with Crippen molar-refractivity contribution in [1.82, 2.24) is 0 Å². The molecule has 0 bridgehead atoms. The van der Waals surface area contributed by atoms with Gasteiger partial charge in [0, 0.05) is 10.0 Å². The van der Waals surface area contributed by atoms with E-state index in [1.807, 2.05) is 25.1 Å². The maximum atomic E-state index is 10.9. The second-order valence-electron chi connectivity index (χ2n) is 3.82. The van der Waals surface area contributed by atoms with Gasteiger partial charge in [0.25, 0.3) is 0 Å². The molecular formula is C14H16Br2O4. The maximum Gasteiger partial charge on any atom is 0.375 e. The van der Waals surface area contributed by atoms with Gasteiger partial charge in [0.2, 0.25) is 5.78 Å². The first kappa shape index (κ1) is 19.0. The van der Waals surface area contributed by atoms with E-state index in [4.69, 9.17) is 0 Å². The lowest BCUT2D eigenvalue weighted by atomic mass is 10.1. The van der Waals surface area contributed by atoms with Gasteiger partial charge in [-0.2, -0.15) is 0 Å². The number of esters is 1. The molecule has 0 fully saturated rings. The lowest BCUT2D eigenvalue weighted by Gasteiger charge is -1.99. The molecular weight excluding hydrogens is 392 g/mol. The molecule has 1 rings (SSSR count). The third-order valence-corrected chi connectivity index (χ3v) is 3.29. The van der Waals surface area contributed by atoms with E-state index in [-0.39, 0.29) is 17.7 Å². The highest BCUT2D eigenvalue weighted by Gasteiger charge is 2.11. The zero-order chi connectivity index (χ0) is 15.7. The molecule has 0 aliphatic rings. The molecule has 0 aliphatic carbocycles. The Labute approximate surface area is 135 Å². The molecule has 0 heterocycles. The molecule has 1 aromatic carbocycles. The SMILES string of the molecule is CC(=O)c1ccc(C)cc1Br.CCOC(=O)C(=O)CBr. The number of ether oxygens (including phenoxy) is 1. The van der Waals surface area contributed by atoms with Crippen LogP contribution in [-0.2, 0) is 14.3 Å². The first-order valence-electron chi connectivity index (χ1n) is 5.86. The Hall–Kier alpha value is -1.01. The van der Waals surface area contributed by atoms with Gasteiger partial charge in [0.15, 0.2) is 5.78 Å². The number of aryl methyl sites for hydroxylation is 1. The number of hydrogen-bond donors (Lipinski definition) is 0. The molecule has 0 saturated carbocycles. The van der Waals surface area contributed by atoms with Crippen molar-refractivity contribution in [2.75, 3.05) is 11.9 Å². The Balaban J connectivity index is 0.000000370. The van der Waals surface area contributed by atoms with Gasteiger partial charge in [-0.25, -0.2) is 4.79 Å². The summed E-state index contributed by atoms with van der Waals surface area (Å²) in [6.07, 6.45) is 0. The monoisotopic (exact) mass is 406 g/mol. The number of halogens is 2. The highest BCUT2D eigenvalue weighted by atomic mass is 79.9. The number of rotatable bonds is 4. The van der Waals surface area contributed by atoms with Crippen molar-refractivity contribution >= 4 is 49.4 Å². The number of Topliss-reactive ketones (excluding diaryl/α,β-unsaturated/α-hetero) is 2. The van der Waals surface area contributed by atoms with Gasteiger partial charge in [0.1, 0.15) is 0 Å². The lowest BCUT2D eigenvalue weighted by molar-refractivity contribution is -0.152. The molecule has 0 atom stereocenters. The number of carbonyl (C=O) groups excluding carboxylic acids is 3. The molecule has 0 spiro atoms. The number of alkyl halides is 1. The second-order valence-corrected chi connectivity index (χ2v) is 5.23. The third-order valence-electron chi connectivity index (χ3n) is 2.13. The summed E-state index contributed by atoms with van der Waals surface area (Å²) in [6.45, 7) is 5.46. The summed E-state index contributed by atoms with van der Waals surface area (Å²) in [4.78, 5) is 31.7. The summed E-state index contributed by atoms with van der Waals surface area (Å²) in [5.41, 5.74) is 1.90. The van der Waals surface area contributed by atoms with Crippen LogP contribution in [0, 0.1) is 6.92 Å². The van der Waals surface area contributed by atoms with E-state index in [0.29, 0.717) is 0 Å². The Morgan fingerprint density at radius 2 is 1.85 bits per heavy atom. The number of benzene rings is 1. The topological polar surface area (TPSA) is 60.4 Å². The van der Waals surface area contributed by atoms with E-state index in [1.165, 1.54) is 0 Å². The molecule has 20 heavy (non-hydrogen) atoms. The van der Waals surface area contributed by atoms with E-state index in [0.717, 1.165) is 15.6 Å². The van der Waals surface area contributed by atoms with Crippen LogP contribution >= 0.6 is 31.9 Å². The zero-order valence-corrected chi connectivity index (χ0v) is 14.7. The first-order chi connectivity index (χ1) is 9.33. The van der Waals surface area contributed by atoms with Crippen molar-refractivity contribution in [3.05, 3.63) is 33.8 Å². The predicted molar refractivity (Wildman–Crippen MR) is 84.3 cm³/mol. The molecule has 110 valence electrons. The van der Waals surface area contributed by atoms with E-state index < -0.39 is 11.8 Å². The van der Waals surface area contributed by atoms with Crippen LogP contribution in [-0.4, -0.2) is 29.5 Å². The van der Waals surface area contributed by atoms with E-state index >= 15 is 0 Å². The minimum atomic E-state index is -0.769. The Kier molecular flexibility index (Phi) is 9.33. The van der Waals surface area contributed by atoms with Gasteiger partial charge in [-0.05, 0) is 32.4 Å². The van der Waals surface area contributed by atoms with E-state index in [2.05, 4.69) is 36.6 Å². The molecule has 0 radical (unpaired) electrons. The lowest BCUT2D eigenvalue weighted by Crippen LogP contribution is -2.17. The van der Waals surface area contributed by atoms with Crippen LogP contribution in [0.4, 0.5) is 0 Å². The maximum absolute atomic E-state index is 10.9.